The zero-order valence-corrected chi connectivity index (χ0v) is 12.8. The monoisotopic (exact) mass is 296 g/mol. The number of rotatable bonds is 8. The van der Waals surface area contributed by atoms with E-state index >= 15 is 0 Å². The molecule has 1 atom stereocenters. The molecule has 0 fully saturated rings. The number of nitrogens with one attached hydrogen (secondary N) is 1. The number of hydrogen-bond donors (Lipinski definition) is 3. The zero-order valence-electron chi connectivity index (χ0n) is 12.8. The Balaban J connectivity index is 2.82. The number of hydrogen-bond acceptors (Lipinski definition) is 6. The number of nitrogens with two attached hydrogens (primary N) is 1. The first-order valence-corrected chi connectivity index (χ1v) is 6.97. The van der Waals surface area contributed by atoms with Gasteiger partial charge in [-0.1, -0.05) is 19.4 Å². The van der Waals surface area contributed by atoms with E-state index in [1.807, 2.05) is 6.92 Å². The second kappa shape index (κ2) is 7.85. The van der Waals surface area contributed by atoms with Crippen LogP contribution in [0.15, 0.2) is 18.2 Å². The third kappa shape index (κ3) is 4.61. The lowest BCUT2D eigenvalue weighted by atomic mass is 9.93. The van der Waals surface area contributed by atoms with Gasteiger partial charge >= 0.3 is 5.97 Å². The van der Waals surface area contributed by atoms with Gasteiger partial charge in [-0.25, -0.2) is 10.2 Å². The molecule has 0 aliphatic carbocycles. The summed E-state index contributed by atoms with van der Waals surface area (Å²) in [5, 5.41) is 9.59. The first-order chi connectivity index (χ1) is 9.96. The summed E-state index contributed by atoms with van der Waals surface area (Å²) in [4.78, 5) is 12.2. The van der Waals surface area contributed by atoms with Crippen molar-refractivity contribution < 1.29 is 19.4 Å². The molecule has 1 aromatic carbocycles. The Bertz CT molecular complexity index is 479. The van der Waals surface area contributed by atoms with Gasteiger partial charge in [0.2, 0.25) is 0 Å². The molecule has 118 valence electrons. The maximum absolute atomic E-state index is 12.2. The number of carbonyl (C=O) groups is 1. The van der Waals surface area contributed by atoms with Crippen molar-refractivity contribution in [2.24, 2.45) is 5.84 Å². The van der Waals surface area contributed by atoms with Gasteiger partial charge in [-0.3, -0.25) is 5.84 Å². The maximum atomic E-state index is 12.2. The van der Waals surface area contributed by atoms with E-state index in [1.165, 1.54) is 13.2 Å². The zero-order chi connectivity index (χ0) is 15.9. The average molecular weight is 296 g/mol. The number of phenolic OH excluding ortho intramolecular Hbond substituents is 1. The molecule has 0 amide bonds. The van der Waals surface area contributed by atoms with E-state index in [-0.39, 0.29) is 5.75 Å². The number of carbonyl (C=O) groups excluding carboxylic acids is 1. The fraction of sp³-hybridized carbons (Fsp3) is 0.533. The Kier molecular flexibility index (Phi) is 6.45. The third-order valence-corrected chi connectivity index (χ3v) is 3.30. The topological polar surface area (TPSA) is 93.8 Å². The molecule has 0 radical (unpaired) electrons. The van der Waals surface area contributed by atoms with Gasteiger partial charge in [0.05, 0.1) is 13.7 Å². The molecule has 21 heavy (non-hydrogen) atoms. The normalized spacial score (nSPS) is 13.5. The molecular formula is C15H24N2O4. The minimum absolute atomic E-state index is 0.0502. The van der Waals surface area contributed by atoms with E-state index in [2.05, 4.69) is 5.43 Å². The number of hydrazine groups is 1. The Labute approximate surface area is 125 Å². The number of unbranched alkanes of at least 4 members (excludes halogenated alkanes) is 1. The summed E-state index contributed by atoms with van der Waals surface area (Å²) in [5.74, 6) is 5.53. The molecule has 0 saturated heterocycles. The van der Waals surface area contributed by atoms with E-state index in [4.69, 9.17) is 15.3 Å². The van der Waals surface area contributed by atoms with Crippen molar-refractivity contribution in [1.82, 2.24) is 5.43 Å². The molecule has 1 unspecified atom stereocenters. The molecule has 0 aliphatic rings. The van der Waals surface area contributed by atoms with Gasteiger partial charge in [-0.15, -0.1) is 0 Å². The molecule has 0 bridgehead atoms. The smallest absolute Gasteiger partial charge is 0.327 e. The fourth-order valence-corrected chi connectivity index (χ4v) is 1.89. The van der Waals surface area contributed by atoms with Crippen molar-refractivity contribution in [2.45, 2.75) is 38.6 Å². The Hall–Kier alpha value is -1.79. The van der Waals surface area contributed by atoms with Gasteiger partial charge in [0.25, 0.3) is 0 Å². The van der Waals surface area contributed by atoms with Crippen molar-refractivity contribution in [3.63, 3.8) is 0 Å². The molecule has 1 rings (SSSR count). The van der Waals surface area contributed by atoms with E-state index < -0.39 is 11.5 Å². The Morgan fingerprint density at radius 3 is 2.76 bits per heavy atom. The maximum Gasteiger partial charge on any atom is 0.327 e. The molecule has 0 spiro atoms. The van der Waals surface area contributed by atoms with Gasteiger partial charge < -0.3 is 14.6 Å². The lowest BCUT2D eigenvalue weighted by Gasteiger charge is -2.26. The SMILES string of the molecule is CCCCOC(=O)C(C)(Cc1ccc(O)c(OC)c1)NN. The number of ether oxygens (including phenoxy) is 2. The Morgan fingerprint density at radius 2 is 2.19 bits per heavy atom. The first-order valence-electron chi connectivity index (χ1n) is 6.97. The third-order valence-electron chi connectivity index (χ3n) is 3.30. The molecule has 0 aliphatic heterocycles. The van der Waals surface area contributed by atoms with E-state index in [9.17, 15) is 9.90 Å². The lowest BCUT2D eigenvalue weighted by molar-refractivity contribution is -0.151. The van der Waals surface area contributed by atoms with Gasteiger partial charge in [0.15, 0.2) is 11.5 Å². The summed E-state index contributed by atoms with van der Waals surface area (Å²) in [6.07, 6.45) is 2.10. The summed E-state index contributed by atoms with van der Waals surface area (Å²) in [6.45, 7) is 4.09. The molecule has 0 saturated carbocycles. The number of phenols is 1. The van der Waals surface area contributed by atoms with Crippen molar-refractivity contribution in [2.75, 3.05) is 13.7 Å². The summed E-state index contributed by atoms with van der Waals surface area (Å²) < 4.78 is 10.3. The van der Waals surface area contributed by atoms with Gasteiger partial charge in [0, 0.05) is 6.42 Å². The van der Waals surface area contributed by atoms with Crippen molar-refractivity contribution in [1.29, 1.82) is 0 Å². The van der Waals surface area contributed by atoms with Crippen LogP contribution in [0, 0.1) is 0 Å². The van der Waals surface area contributed by atoms with Crippen LogP contribution in [0.1, 0.15) is 32.3 Å². The van der Waals surface area contributed by atoms with Crippen LogP contribution < -0.4 is 16.0 Å². The van der Waals surface area contributed by atoms with Crippen LogP contribution >= 0.6 is 0 Å². The minimum atomic E-state index is -1.03. The first kappa shape index (κ1) is 17.3. The average Bonchev–Trinajstić information content (AvgIpc) is 2.49. The highest BCUT2D eigenvalue weighted by Gasteiger charge is 2.34. The second-order valence-corrected chi connectivity index (χ2v) is 5.15. The summed E-state index contributed by atoms with van der Waals surface area (Å²) in [6, 6.07) is 4.91. The van der Waals surface area contributed by atoms with Crippen LogP contribution in [0.4, 0.5) is 0 Å². The quantitative estimate of drug-likeness (QED) is 0.291. The van der Waals surface area contributed by atoms with Gasteiger partial charge in [-0.2, -0.15) is 0 Å². The number of methoxy groups -OCH3 is 1. The molecule has 6 nitrogen and oxygen atoms in total. The standard InChI is InChI=1S/C15H24N2O4/c1-4-5-8-21-14(19)15(2,17-16)10-11-6-7-12(18)13(9-11)20-3/h6-7,9,17-18H,4-5,8,10,16H2,1-3H3. The lowest BCUT2D eigenvalue weighted by Crippen LogP contribution is -2.55. The van der Waals surface area contributed by atoms with Gasteiger partial charge in [-0.05, 0) is 31.0 Å². The minimum Gasteiger partial charge on any atom is -0.504 e. The number of aromatic hydroxyl groups is 1. The molecule has 6 heteroatoms. The number of esters is 1. The van der Waals surface area contributed by atoms with Crippen molar-refractivity contribution in [3.05, 3.63) is 23.8 Å². The highest BCUT2D eigenvalue weighted by atomic mass is 16.5. The molecule has 0 aromatic heterocycles. The highest BCUT2D eigenvalue weighted by molar-refractivity contribution is 5.80. The van der Waals surface area contributed by atoms with Crippen LogP contribution in [0.5, 0.6) is 11.5 Å². The summed E-state index contributed by atoms with van der Waals surface area (Å²) in [5.41, 5.74) is 2.30. The predicted octanol–water partition coefficient (Wildman–Crippen LogP) is 1.51. The van der Waals surface area contributed by atoms with Crippen molar-refractivity contribution >= 4 is 5.97 Å². The van der Waals surface area contributed by atoms with Crippen LogP contribution in [-0.2, 0) is 16.0 Å². The van der Waals surface area contributed by atoms with E-state index in [0.29, 0.717) is 18.8 Å². The van der Waals surface area contributed by atoms with Crippen LogP contribution in [0.3, 0.4) is 0 Å². The van der Waals surface area contributed by atoms with Crippen LogP contribution in [0.2, 0.25) is 0 Å². The van der Waals surface area contributed by atoms with Crippen LogP contribution in [-0.4, -0.2) is 30.3 Å². The van der Waals surface area contributed by atoms with E-state index in [0.717, 1.165) is 18.4 Å². The molecule has 1 aromatic rings. The Morgan fingerprint density at radius 1 is 1.48 bits per heavy atom. The van der Waals surface area contributed by atoms with E-state index in [1.54, 1.807) is 19.1 Å². The van der Waals surface area contributed by atoms with Crippen molar-refractivity contribution in [3.8, 4) is 11.5 Å². The summed E-state index contributed by atoms with van der Waals surface area (Å²) in [7, 11) is 1.47. The highest BCUT2D eigenvalue weighted by Crippen LogP contribution is 2.28. The summed E-state index contributed by atoms with van der Waals surface area (Å²) >= 11 is 0. The number of benzene rings is 1. The molecule has 4 N–H and O–H groups in total. The van der Waals surface area contributed by atoms with Gasteiger partial charge in [0.1, 0.15) is 5.54 Å². The second-order valence-electron chi connectivity index (χ2n) is 5.15. The molecule has 0 heterocycles. The fourth-order valence-electron chi connectivity index (χ4n) is 1.89. The molecular weight excluding hydrogens is 272 g/mol. The van der Waals surface area contributed by atoms with Crippen LogP contribution in [0.25, 0.3) is 0 Å². The predicted molar refractivity (Wildman–Crippen MR) is 80.0 cm³/mol. The largest absolute Gasteiger partial charge is 0.504 e.